The summed E-state index contributed by atoms with van der Waals surface area (Å²) in [4.78, 5) is 13.9. The van der Waals surface area contributed by atoms with Crippen LogP contribution in [0, 0.1) is 0 Å². The van der Waals surface area contributed by atoms with Gasteiger partial charge in [0.25, 0.3) is 5.91 Å². The molecule has 1 heterocycles. The molecule has 0 aliphatic carbocycles. The zero-order chi connectivity index (χ0) is 18.0. The highest BCUT2D eigenvalue weighted by Gasteiger charge is 2.21. The molecule has 1 amide bonds. The van der Waals surface area contributed by atoms with Crippen LogP contribution in [0.3, 0.4) is 0 Å². The number of carbonyl (C=O) groups excluding carboxylic acids is 1. The second-order valence-corrected chi connectivity index (χ2v) is 6.28. The Bertz CT molecular complexity index is 899. The predicted molar refractivity (Wildman–Crippen MR) is 99.6 cm³/mol. The molecule has 1 atom stereocenters. The Balaban J connectivity index is 2.05. The lowest BCUT2D eigenvalue weighted by Crippen LogP contribution is -2.37. The van der Waals surface area contributed by atoms with E-state index in [1.165, 1.54) is 0 Å². The van der Waals surface area contributed by atoms with Gasteiger partial charge in [0, 0.05) is 38.3 Å². The Labute approximate surface area is 147 Å². The first-order valence-electron chi connectivity index (χ1n) is 8.41. The van der Waals surface area contributed by atoms with Crippen LogP contribution in [-0.4, -0.2) is 40.8 Å². The number of aromatic nitrogens is 2. The van der Waals surface area contributed by atoms with Crippen LogP contribution in [0.1, 0.15) is 13.3 Å². The summed E-state index contributed by atoms with van der Waals surface area (Å²) in [6.45, 7) is 1.95. The second kappa shape index (κ2) is 6.97. The summed E-state index contributed by atoms with van der Waals surface area (Å²) in [7, 11) is 5.40. The first-order valence-corrected chi connectivity index (χ1v) is 8.41. The minimum atomic E-state index is -0.487. The normalized spacial score (nSPS) is 12.2. The monoisotopic (exact) mass is 337 g/mol. The minimum absolute atomic E-state index is 0.0274. The van der Waals surface area contributed by atoms with Crippen molar-refractivity contribution in [2.24, 2.45) is 7.05 Å². The number of nitrogens with zero attached hydrogens (tertiary/aromatic N) is 3. The van der Waals surface area contributed by atoms with Gasteiger partial charge >= 0.3 is 0 Å². The lowest BCUT2D eigenvalue weighted by Gasteiger charge is -2.22. The molecule has 0 fully saturated rings. The quantitative estimate of drug-likeness (QED) is 0.716. The lowest BCUT2D eigenvalue weighted by molar-refractivity contribution is -0.136. The number of ether oxygens (including phenoxy) is 1. The van der Waals surface area contributed by atoms with Gasteiger partial charge in [-0.2, -0.15) is 5.10 Å². The van der Waals surface area contributed by atoms with Crippen molar-refractivity contribution in [1.29, 1.82) is 0 Å². The topological polar surface area (TPSA) is 47.4 Å². The summed E-state index contributed by atoms with van der Waals surface area (Å²) in [5, 5.41) is 6.55. The van der Waals surface area contributed by atoms with Crippen molar-refractivity contribution >= 4 is 16.7 Å². The van der Waals surface area contributed by atoms with Crippen molar-refractivity contribution in [3.63, 3.8) is 0 Å². The number of rotatable bonds is 5. The van der Waals surface area contributed by atoms with Crippen LogP contribution in [0.25, 0.3) is 22.0 Å². The van der Waals surface area contributed by atoms with E-state index in [4.69, 9.17) is 4.74 Å². The first kappa shape index (κ1) is 17.0. The number of fused-ring (bicyclic) bond motifs is 1. The van der Waals surface area contributed by atoms with Gasteiger partial charge in [-0.1, -0.05) is 31.2 Å². The van der Waals surface area contributed by atoms with Crippen molar-refractivity contribution < 1.29 is 9.53 Å². The van der Waals surface area contributed by atoms with Crippen molar-refractivity contribution in [3.8, 4) is 17.0 Å². The van der Waals surface area contributed by atoms with Crippen LogP contribution in [0.5, 0.6) is 5.75 Å². The summed E-state index contributed by atoms with van der Waals surface area (Å²) >= 11 is 0. The molecule has 1 aromatic heterocycles. The summed E-state index contributed by atoms with van der Waals surface area (Å²) < 4.78 is 7.87. The number of likely N-dealkylation sites (N-methyl/N-ethyl adjacent to an activating group) is 1. The fourth-order valence-corrected chi connectivity index (χ4v) is 2.91. The van der Waals surface area contributed by atoms with Crippen LogP contribution in [0.4, 0.5) is 0 Å². The molecule has 3 aromatic rings. The van der Waals surface area contributed by atoms with Crippen molar-refractivity contribution in [1.82, 2.24) is 14.7 Å². The van der Waals surface area contributed by atoms with Gasteiger partial charge in [0.15, 0.2) is 6.10 Å². The van der Waals surface area contributed by atoms with E-state index in [2.05, 4.69) is 11.2 Å². The molecular weight excluding hydrogens is 314 g/mol. The maximum Gasteiger partial charge on any atom is 0.263 e. The van der Waals surface area contributed by atoms with Gasteiger partial charge in [-0.3, -0.25) is 9.48 Å². The van der Waals surface area contributed by atoms with Gasteiger partial charge in [-0.15, -0.1) is 0 Å². The number of benzene rings is 2. The average molecular weight is 337 g/mol. The van der Waals surface area contributed by atoms with E-state index in [-0.39, 0.29) is 5.91 Å². The second-order valence-electron chi connectivity index (χ2n) is 6.28. The Hall–Kier alpha value is -2.82. The molecular formula is C20H23N3O2. The van der Waals surface area contributed by atoms with Crippen LogP contribution < -0.4 is 4.74 Å². The molecule has 0 spiro atoms. The molecule has 0 N–H and O–H groups in total. The lowest BCUT2D eigenvalue weighted by atomic mass is 10.0. The summed E-state index contributed by atoms with van der Waals surface area (Å²) in [6, 6.07) is 14.0. The SMILES string of the molecule is CCC(Oc1ccc(-c2ccn(C)n2)c2ccccc12)C(=O)N(C)C. The molecule has 5 heteroatoms. The molecule has 0 saturated carbocycles. The van der Waals surface area contributed by atoms with Crippen molar-refractivity contribution in [2.45, 2.75) is 19.4 Å². The highest BCUT2D eigenvalue weighted by molar-refractivity contribution is 5.99. The van der Waals surface area contributed by atoms with E-state index < -0.39 is 6.10 Å². The Morgan fingerprint density at radius 1 is 1.16 bits per heavy atom. The molecule has 130 valence electrons. The third kappa shape index (κ3) is 3.36. The highest BCUT2D eigenvalue weighted by Crippen LogP contribution is 2.34. The fraction of sp³-hybridized carbons (Fsp3) is 0.300. The van der Waals surface area contributed by atoms with Crippen molar-refractivity contribution in [3.05, 3.63) is 48.7 Å². The zero-order valence-electron chi connectivity index (χ0n) is 15.1. The Morgan fingerprint density at radius 2 is 1.88 bits per heavy atom. The molecule has 3 rings (SSSR count). The van der Waals surface area contributed by atoms with E-state index in [1.807, 2.05) is 56.6 Å². The third-order valence-electron chi connectivity index (χ3n) is 4.23. The Kier molecular flexibility index (Phi) is 4.74. The molecule has 25 heavy (non-hydrogen) atoms. The van der Waals surface area contributed by atoms with E-state index in [1.54, 1.807) is 23.7 Å². The number of carbonyl (C=O) groups is 1. The standard InChI is InChI=1S/C20H23N3O2/c1-5-18(20(24)22(2)3)25-19-11-10-15(17-12-13-23(4)21-17)14-8-6-7-9-16(14)19/h6-13,18H,5H2,1-4H3. The predicted octanol–water partition coefficient (Wildman–Crippen LogP) is 3.49. The molecule has 0 aliphatic heterocycles. The average Bonchev–Trinajstić information content (AvgIpc) is 3.05. The van der Waals surface area contributed by atoms with Crippen LogP contribution >= 0.6 is 0 Å². The van der Waals surface area contributed by atoms with Gasteiger partial charge in [0.2, 0.25) is 0 Å². The van der Waals surface area contributed by atoms with Gasteiger partial charge in [-0.05, 0) is 30.0 Å². The van der Waals surface area contributed by atoms with Gasteiger partial charge in [0.1, 0.15) is 5.75 Å². The highest BCUT2D eigenvalue weighted by atomic mass is 16.5. The molecule has 5 nitrogen and oxygen atoms in total. The smallest absolute Gasteiger partial charge is 0.263 e. The number of aryl methyl sites for hydroxylation is 1. The Morgan fingerprint density at radius 3 is 2.48 bits per heavy atom. The molecule has 0 bridgehead atoms. The largest absolute Gasteiger partial charge is 0.480 e. The maximum atomic E-state index is 12.3. The summed E-state index contributed by atoms with van der Waals surface area (Å²) in [5.41, 5.74) is 1.97. The van der Waals surface area contributed by atoms with Crippen molar-refractivity contribution in [2.75, 3.05) is 14.1 Å². The number of hydrogen-bond donors (Lipinski definition) is 0. The third-order valence-corrected chi connectivity index (χ3v) is 4.23. The van der Waals surface area contributed by atoms with E-state index >= 15 is 0 Å². The molecule has 0 saturated heterocycles. The van der Waals surface area contributed by atoms with E-state index in [0.717, 1.165) is 27.8 Å². The van der Waals surface area contributed by atoms with Crippen LogP contribution in [-0.2, 0) is 11.8 Å². The summed E-state index contributed by atoms with van der Waals surface area (Å²) in [6.07, 6.45) is 2.06. The van der Waals surface area contributed by atoms with Crippen LogP contribution in [0.15, 0.2) is 48.7 Å². The van der Waals surface area contributed by atoms with Gasteiger partial charge in [0.05, 0.1) is 5.69 Å². The zero-order valence-corrected chi connectivity index (χ0v) is 15.1. The first-order chi connectivity index (χ1) is 12.0. The molecule has 0 radical (unpaired) electrons. The van der Waals surface area contributed by atoms with Gasteiger partial charge < -0.3 is 9.64 Å². The van der Waals surface area contributed by atoms with E-state index in [0.29, 0.717) is 6.42 Å². The number of amides is 1. The van der Waals surface area contributed by atoms with Gasteiger partial charge in [-0.25, -0.2) is 0 Å². The summed E-state index contributed by atoms with van der Waals surface area (Å²) in [5.74, 6) is 0.692. The van der Waals surface area contributed by atoms with E-state index in [9.17, 15) is 4.79 Å². The van der Waals surface area contributed by atoms with Crippen LogP contribution in [0.2, 0.25) is 0 Å². The molecule has 1 unspecified atom stereocenters. The maximum absolute atomic E-state index is 12.3. The minimum Gasteiger partial charge on any atom is -0.480 e. The molecule has 0 aliphatic rings. The number of hydrogen-bond acceptors (Lipinski definition) is 3. The fourth-order valence-electron chi connectivity index (χ4n) is 2.91. The molecule has 2 aromatic carbocycles.